The molecule has 0 aromatic carbocycles. The number of aromatic nitrogens is 1. The minimum absolute atomic E-state index is 0.270. The summed E-state index contributed by atoms with van der Waals surface area (Å²) in [4.78, 5) is 4.34. The molecular formula is C12H20N2. The van der Waals surface area contributed by atoms with Gasteiger partial charge >= 0.3 is 0 Å². The van der Waals surface area contributed by atoms with E-state index in [-0.39, 0.29) is 5.41 Å². The predicted molar refractivity (Wildman–Crippen MR) is 60.2 cm³/mol. The van der Waals surface area contributed by atoms with Crippen LogP contribution in [0.25, 0.3) is 0 Å². The third kappa shape index (κ3) is 3.11. The molecule has 0 spiro atoms. The number of rotatable bonds is 3. The Kier molecular flexibility index (Phi) is 3.64. The van der Waals surface area contributed by atoms with Crippen molar-refractivity contribution in [2.24, 2.45) is 5.41 Å². The molecule has 1 unspecified atom stereocenters. The molecular weight excluding hydrogens is 172 g/mol. The van der Waals surface area contributed by atoms with Crippen molar-refractivity contribution in [2.45, 2.75) is 33.2 Å². The Morgan fingerprint density at radius 1 is 1.36 bits per heavy atom. The fourth-order valence-corrected chi connectivity index (χ4v) is 1.57. The van der Waals surface area contributed by atoms with E-state index >= 15 is 0 Å². The zero-order valence-corrected chi connectivity index (χ0v) is 9.54. The molecule has 2 heteroatoms. The molecule has 0 radical (unpaired) electrons. The number of likely N-dealkylation sites (N-methyl/N-ethyl adjacent to an activating group) is 1. The summed E-state index contributed by atoms with van der Waals surface area (Å²) in [5, 5.41) is 3.35. The molecule has 1 aromatic heterocycles. The van der Waals surface area contributed by atoms with Crippen molar-refractivity contribution in [3.8, 4) is 0 Å². The van der Waals surface area contributed by atoms with Crippen molar-refractivity contribution < 1.29 is 0 Å². The smallest absolute Gasteiger partial charge is 0.0419 e. The highest BCUT2D eigenvalue weighted by molar-refractivity contribution is 5.06. The lowest BCUT2D eigenvalue weighted by Gasteiger charge is -2.30. The second-order valence-corrected chi connectivity index (χ2v) is 4.73. The van der Waals surface area contributed by atoms with Crippen LogP contribution in [0.1, 0.15) is 26.5 Å². The lowest BCUT2D eigenvalue weighted by Crippen LogP contribution is -2.39. The quantitative estimate of drug-likeness (QED) is 0.794. The molecule has 14 heavy (non-hydrogen) atoms. The first-order chi connectivity index (χ1) is 6.54. The number of nitrogens with one attached hydrogen (secondary N) is 1. The van der Waals surface area contributed by atoms with Gasteiger partial charge in [-0.3, -0.25) is 4.98 Å². The van der Waals surface area contributed by atoms with Crippen LogP contribution in [0.2, 0.25) is 0 Å². The van der Waals surface area contributed by atoms with Gasteiger partial charge in [-0.05, 0) is 24.6 Å². The van der Waals surface area contributed by atoms with Gasteiger partial charge < -0.3 is 5.32 Å². The van der Waals surface area contributed by atoms with Crippen LogP contribution in [0, 0.1) is 5.41 Å². The molecule has 0 amide bonds. The molecule has 1 atom stereocenters. The summed E-state index contributed by atoms with van der Waals surface area (Å²) in [7, 11) is 2.01. The number of hydrogen-bond acceptors (Lipinski definition) is 2. The van der Waals surface area contributed by atoms with Crippen LogP contribution in [0.3, 0.4) is 0 Å². The van der Waals surface area contributed by atoms with E-state index < -0.39 is 0 Å². The zero-order valence-electron chi connectivity index (χ0n) is 9.54. The maximum atomic E-state index is 4.34. The largest absolute Gasteiger partial charge is 0.316 e. The maximum absolute atomic E-state index is 4.34. The molecule has 0 aliphatic rings. The average Bonchev–Trinajstić information content (AvgIpc) is 2.14. The highest BCUT2D eigenvalue weighted by Gasteiger charge is 2.23. The Bertz CT molecular complexity index is 261. The van der Waals surface area contributed by atoms with Crippen molar-refractivity contribution in [3.05, 3.63) is 30.1 Å². The molecule has 78 valence electrons. The van der Waals surface area contributed by atoms with Crippen LogP contribution in [-0.2, 0) is 6.42 Å². The molecule has 0 aliphatic heterocycles. The Morgan fingerprint density at radius 2 is 2.07 bits per heavy atom. The summed E-state index contributed by atoms with van der Waals surface area (Å²) in [6.07, 6.45) is 2.84. The Hall–Kier alpha value is -0.890. The van der Waals surface area contributed by atoms with Crippen LogP contribution >= 0.6 is 0 Å². The summed E-state index contributed by atoms with van der Waals surface area (Å²) >= 11 is 0. The van der Waals surface area contributed by atoms with Crippen molar-refractivity contribution in [1.29, 1.82) is 0 Å². The van der Waals surface area contributed by atoms with Crippen molar-refractivity contribution >= 4 is 0 Å². The minimum Gasteiger partial charge on any atom is -0.316 e. The third-order valence-corrected chi connectivity index (χ3v) is 2.53. The van der Waals surface area contributed by atoms with Crippen LogP contribution in [0.4, 0.5) is 0 Å². The van der Waals surface area contributed by atoms with E-state index in [9.17, 15) is 0 Å². The summed E-state index contributed by atoms with van der Waals surface area (Å²) in [6.45, 7) is 6.74. The third-order valence-electron chi connectivity index (χ3n) is 2.53. The standard InChI is InChI=1S/C12H20N2/c1-12(2,3)11(13-4)9-10-7-5-6-8-14-10/h5-8,11,13H,9H2,1-4H3. The van der Waals surface area contributed by atoms with Gasteiger partial charge in [0.25, 0.3) is 0 Å². The van der Waals surface area contributed by atoms with Crippen LogP contribution < -0.4 is 5.32 Å². The second kappa shape index (κ2) is 4.56. The highest BCUT2D eigenvalue weighted by Crippen LogP contribution is 2.21. The number of hydrogen-bond donors (Lipinski definition) is 1. The molecule has 1 heterocycles. The van der Waals surface area contributed by atoms with Gasteiger partial charge in [-0.25, -0.2) is 0 Å². The normalized spacial score (nSPS) is 14.0. The maximum Gasteiger partial charge on any atom is 0.0419 e. The first-order valence-electron chi connectivity index (χ1n) is 5.11. The molecule has 0 fully saturated rings. The summed E-state index contributed by atoms with van der Waals surface area (Å²) < 4.78 is 0. The molecule has 0 saturated carbocycles. The molecule has 2 nitrogen and oxygen atoms in total. The number of pyridine rings is 1. The van der Waals surface area contributed by atoms with E-state index in [1.807, 2.05) is 25.4 Å². The molecule has 0 bridgehead atoms. The Morgan fingerprint density at radius 3 is 2.50 bits per heavy atom. The van der Waals surface area contributed by atoms with Gasteiger partial charge in [-0.2, -0.15) is 0 Å². The highest BCUT2D eigenvalue weighted by atomic mass is 14.9. The lowest BCUT2D eigenvalue weighted by molar-refractivity contribution is 0.278. The fourth-order valence-electron chi connectivity index (χ4n) is 1.57. The van der Waals surface area contributed by atoms with Crippen molar-refractivity contribution in [3.63, 3.8) is 0 Å². The van der Waals surface area contributed by atoms with E-state index in [0.717, 1.165) is 12.1 Å². The molecule has 0 saturated heterocycles. The average molecular weight is 192 g/mol. The predicted octanol–water partition coefficient (Wildman–Crippen LogP) is 2.26. The molecule has 1 rings (SSSR count). The summed E-state index contributed by atoms with van der Waals surface area (Å²) in [5.41, 5.74) is 1.42. The van der Waals surface area contributed by atoms with E-state index in [0.29, 0.717) is 6.04 Å². The number of nitrogens with zero attached hydrogens (tertiary/aromatic N) is 1. The second-order valence-electron chi connectivity index (χ2n) is 4.73. The van der Waals surface area contributed by atoms with Crippen LogP contribution in [-0.4, -0.2) is 18.1 Å². The van der Waals surface area contributed by atoms with Crippen molar-refractivity contribution in [1.82, 2.24) is 10.3 Å². The van der Waals surface area contributed by atoms with E-state index in [4.69, 9.17) is 0 Å². The summed E-state index contributed by atoms with van der Waals surface area (Å²) in [5.74, 6) is 0. The monoisotopic (exact) mass is 192 g/mol. The Labute approximate surface area is 86.8 Å². The van der Waals surface area contributed by atoms with Gasteiger partial charge in [0, 0.05) is 24.4 Å². The van der Waals surface area contributed by atoms with Crippen LogP contribution in [0.5, 0.6) is 0 Å². The topological polar surface area (TPSA) is 24.9 Å². The van der Waals surface area contributed by atoms with Crippen LogP contribution in [0.15, 0.2) is 24.4 Å². The van der Waals surface area contributed by atoms with E-state index in [1.54, 1.807) is 0 Å². The lowest BCUT2D eigenvalue weighted by atomic mass is 9.84. The molecule has 1 N–H and O–H groups in total. The van der Waals surface area contributed by atoms with Gasteiger partial charge in [0.1, 0.15) is 0 Å². The first kappa shape index (κ1) is 11.2. The SMILES string of the molecule is CNC(Cc1ccccn1)C(C)(C)C. The van der Waals surface area contributed by atoms with Crippen molar-refractivity contribution in [2.75, 3.05) is 7.05 Å². The summed E-state index contributed by atoms with van der Waals surface area (Å²) in [6, 6.07) is 6.54. The van der Waals surface area contributed by atoms with Gasteiger partial charge in [-0.1, -0.05) is 26.8 Å². The van der Waals surface area contributed by atoms with Gasteiger partial charge in [0.15, 0.2) is 0 Å². The Balaban J connectivity index is 2.67. The fraction of sp³-hybridized carbons (Fsp3) is 0.583. The van der Waals surface area contributed by atoms with Gasteiger partial charge in [-0.15, -0.1) is 0 Å². The van der Waals surface area contributed by atoms with Gasteiger partial charge in [0.05, 0.1) is 0 Å². The molecule has 0 aliphatic carbocycles. The van der Waals surface area contributed by atoms with E-state index in [1.165, 1.54) is 0 Å². The van der Waals surface area contributed by atoms with E-state index in [2.05, 4.69) is 37.1 Å². The van der Waals surface area contributed by atoms with Gasteiger partial charge in [0.2, 0.25) is 0 Å². The molecule has 1 aromatic rings. The first-order valence-corrected chi connectivity index (χ1v) is 5.11. The zero-order chi connectivity index (χ0) is 10.6. The minimum atomic E-state index is 0.270.